The smallest absolute Gasteiger partial charge is 0.315 e. The van der Waals surface area contributed by atoms with E-state index in [4.69, 9.17) is 4.74 Å². The van der Waals surface area contributed by atoms with Crippen LogP contribution in [0, 0.1) is 0 Å². The second-order valence-electron chi connectivity index (χ2n) is 7.79. The van der Waals surface area contributed by atoms with E-state index in [9.17, 15) is 4.79 Å². The Morgan fingerprint density at radius 1 is 1.35 bits per heavy atom. The number of hydrogen-bond acceptors (Lipinski definition) is 4. The van der Waals surface area contributed by atoms with Crippen LogP contribution in [-0.2, 0) is 17.7 Å². The van der Waals surface area contributed by atoms with Crippen LogP contribution in [0.25, 0.3) is 0 Å². The summed E-state index contributed by atoms with van der Waals surface area (Å²) in [5.41, 5.74) is -0.596. The van der Waals surface area contributed by atoms with Gasteiger partial charge >= 0.3 is 6.03 Å². The van der Waals surface area contributed by atoms with Crippen LogP contribution in [0.5, 0.6) is 0 Å². The molecule has 1 saturated heterocycles. The van der Waals surface area contributed by atoms with Crippen LogP contribution in [0.4, 0.5) is 4.79 Å². The zero-order valence-electron chi connectivity index (χ0n) is 14.6. The van der Waals surface area contributed by atoms with Gasteiger partial charge in [-0.15, -0.1) is 10.2 Å². The van der Waals surface area contributed by atoms with E-state index in [1.165, 1.54) is 0 Å². The molecule has 1 aromatic rings. The number of carbonyl (C=O) groups is 1. The maximum atomic E-state index is 12.4. The summed E-state index contributed by atoms with van der Waals surface area (Å²) in [7, 11) is 0. The second-order valence-corrected chi connectivity index (χ2v) is 7.79. The normalized spacial score (nSPS) is 25.9. The molecule has 2 aliphatic rings. The van der Waals surface area contributed by atoms with Gasteiger partial charge in [0.1, 0.15) is 5.82 Å². The van der Waals surface area contributed by atoms with Crippen LogP contribution in [0.3, 0.4) is 0 Å². The number of fused-ring (bicyclic) bond motifs is 1. The number of amides is 2. The van der Waals surface area contributed by atoms with Gasteiger partial charge < -0.3 is 19.9 Å². The van der Waals surface area contributed by atoms with Crippen LogP contribution >= 0.6 is 0 Å². The number of nitrogens with zero attached hydrogens (tertiary/aromatic N) is 3. The number of hydrogen-bond donors (Lipinski definition) is 2. The Morgan fingerprint density at radius 2 is 2.09 bits per heavy atom. The molecule has 0 aromatic carbocycles. The van der Waals surface area contributed by atoms with Gasteiger partial charge in [0, 0.05) is 13.0 Å². The van der Waals surface area contributed by atoms with Crippen LogP contribution in [-0.4, -0.2) is 38.0 Å². The molecule has 2 atom stereocenters. The van der Waals surface area contributed by atoms with Gasteiger partial charge in [-0.2, -0.15) is 0 Å². The molecule has 7 heteroatoms. The molecule has 2 amide bonds. The zero-order valence-corrected chi connectivity index (χ0v) is 14.6. The average molecular weight is 321 g/mol. The van der Waals surface area contributed by atoms with Crippen molar-refractivity contribution in [2.45, 2.75) is 83.7 Å². The van der Waals surface area contributed by atoms with E-state index in [1.54, 1.807) is 0 Å². The van der Waals surface area contributed by atoms with Crippen molar-refractivity contribution in [1.82, 2.24) is 25.4 Å². The maximum absolute atomic E-state index is 12.4. The number of aromatic nitrogens is 3. The predicted octanol–water partition coefficient (Wildman–Crippen LogP) is 1.93. The first kappa shape index (κ1) is 16.2. The molecule has 3 rings (SSSR count). The van der Waals surface area contributed by atoms with Crippen LogP contribution < -0.4 is 10.6 Å². The summed E-state index contributed by atoms with van der Waals surface area (Å²) in [4.78, 5) is 12.4. The van der Waals surface area contributed by atoms with E-state index in [2.05, 4.69) is 39.2 Å². The first-order valence-corrected chi connectivity index (χ1v) is 8.37. The Labute approximate surface area is 137 Å². The molecule has 128 valence electrons. The molecule has 7 nitrogen and oxygen atoms in total. The third kappa shape index (κ3) is 3.20. The maximum Gasteiger partial charge on any atom is 0.315 e. The number of nitrogens with one attached hydrogen (secondary N) is 2. The van der Waals surface area contributed by atoms with Gasteiger partial charge in [-0.3, -0.25) is 0 Å². The highest BCUT2D eigenvalue weighted by Gasteiger charge is 2.46. The molecule has 1 fully saturated rings. The molecule has 2 N–H and O–H groups in total. The monoisotopic (exact) mass is 321 g/mol. The molecule has 2 aliphatic heterocycles. The summed E-state index contributed by atoms with van der Waals surface area (Å²) in [6.07, 6.45) is 2.86. The average Bonchev–Trinajstić information content (AvgIpc) is 3.01. The van der Waals surface area contributed by atoms with Gasteiger partial charge in [0.15, 0.2) is 5.82 Å². The summed E-state index contributed by atoms with van der Waals surface area (Å²) in [6.45, 7) is 11.0. The molecule has 0 spiro atoms. The van der Waals surface area contributed by atoms with E-state index >= 15 is 0 Å². The van der Waals surface area contributed by atoms with Gasteiger partial charge in [-0.05, 0) is 47.5 Å². The summed E-state index contributed by atoms with van der Waals surface area (Å²) in [5, 5.41) is 14.4. The van der Waals surface area contributed by atoms with E-state index in [0.29, 0.717) is 0 Å². The Balaban J connectivity index is 1.61. The van der Waals surface area contributed by atoms with Gasteiger partial charge in [0.2, 0.25) is 0 Å². The van der Waals surface area contributed by atoms with Crippen LogP contribution in [0.15, 0.2) is 0 Å². The minimum atomic E-state index is -0.375. The lowest BCUT2D eigenvalue weighted by atomic mass is 9.95. The number of rotatable bonds is 3. The third-order valence-electron chi connectivity index (χ3n) is 4.75. The first-order chi connectivity index (χ1) is 10.7. The van der Waals surface area contributed by atoms with Crippen LogP contribution in [0.2, 0.25) is 0 Å². The van der Waals surface area contributed by atoms with Gasteiger partial charge in [0.05, 0.1) is 23.3 Å². The van der Waals surface area contributed by atoms with Crippen molar-refractivity contribution < 1.29 is 9.53 Å². The van der Waals surface area contributed by atoms with E-state index in [0.717, 1.165) is 37.5 Å². The van der Waals surface area contributed by atoms with Crippen molar-refractivity contribution in [2.24, 2.45) is 0 Å². The molecular formula is C16H27N5O2. The SMILES string of the molecule is CC(NC(=O)NC1CC(C)(C)OC1(C)C)c1nnc2n1CCC2. The topological polar surface area (TPSA) is 81.1 Å². The van der Waals surface area contributed by atoms with Gasteiger partial charge in [0.25, 0.3) is 0 Å². The fourth-order valence-electron chi connectivity index (χ4n) is 3.74. The third-order valence-corrected chi connectivity index (χ3v) is 4.75. The number of ether oxygens (including phenoxy) is 1. The Bertz CT molecular complexity index is 608. The highest BCUT2D eigenvalue weighted by molar-refractivity contribution is 5.74. The zero-order chi connectivity index (χ0) is 16.8. The van der Waals surface area contributed by atoms with Crippen molar-refractivity contribution in [3.8, 4) is 0 Å². The molecule has 2 unspecified atom stereocenters. The van der Waals surface area contributed by atoms with E-state index in [1.807, 2.05) is 20.8 Å². The molecule has 0 bridgehead atoms. The van der Waals surface area contributed by atoms with Crippen molar-refractivity contribution in [3.63, 3.8) is 0 Å². The van der Waals surface area contributed by atoms with Gasteiger partial charge in [-0.25, -0.2) is 4.79 Å². The summed E-state index contributed by atoms with van der Waals surface area (Å²) < 4.78 is 8.13. The van der Waals surface area contributed by atoms with Crippen LogP contribution in [0.1, 0.15) is 65.2 Å². The summed E-state index contributed by atoms with van der Waals surface area (Å²) in [6, 6.07) is -0.381. The van der Waals surface area contributed by atoms with E-state index in [-0.39, 0.29) is 29.3 Å². The van der Waals surface area contributed by atoms with Crippen molar-refractivity contribution in [3.05, 3.63) is 11.6 Å². The second kappa shape index (κ2) is 5.47. The molecule has 1 aromatic heterocycles. The summed E-state index contributed by atoms with van der Waals surface area (Å²) in [5.74, 6) is 1.84. The standard InChI is InChI=1S/C16H27N5O2/c1-10(13-20-19-12-7-6-8-21(12)13)17-14(22)18-11-9-15(2,3)23-16(11,4)5/h10-11H,6-9H2,1-5H3,(H2,17,18,22). The number of urea groups is 1. The molecule has 0 radical (unpaired) electrons. The highest BCUT2D eigenvalue weighted by Crippen LogP contribution is 2.37. The first-order valence-electron chi connectivity index (χ1n) is 8.37. The molecule has 3 heterocycles. The quantitative estimate of drug-likeness (QED) is 0.891. The fourth-order valence-corrected chi connectivity index (χ4v) is 3.74. The van der Waals surface area contributed by atoms with Crippen molar-refractivity contribution in [2.75, 3.05) is 0 Å². The predicted molar refractivity (Wildman–Crippen MR) is 86.1 cm³/mol. The fraction of sp³-hybridized carbons (Fsp3) is 0.812. The lowest BCUT2D eigenvalue weighted by Gasteiger charge is -2.28. The lowest BCUT2D eigenvalue weighted by molar-refractivity contribution is -0.0690. The Morgan fingerprint density at radius 3 is 2.74 bits per heavy atom. The molecule has 0 saturated carbocycles. The van der Waals surface area contributed by atoms with E-state index < -0.39 is 0 Å². The Kier molecular flexibility index (Phi) is 3.86. The number of carbonyl (C=O) groups excluding carboxylic acids is 1. The molecule has 23 heavy (non-hydrogen) atoms. The summed E-state index contributed by atoms with van der Waals surface area (Å²) >= 11 is 0. The lowest BCUT2D eigenvalue weighted by Crippen LogP contribution is -2.50. The molecule has 0 aliphatic carbocycles. The minimum absolute atomic E-state index is 0.0196. The number of aryl methyl sites for hydroxylation is 1. The molecular weight excluding hydrogens is 294 g/mol. The Hall–Kier alpha value is -1.63. The largest absolute Gasteiger partial charge is 0.367 e. The van der Waals surface area contributed by atoms with Crippen molar-refractivity contribution in [1.29, 1.82) is 0 Å². The highest BCUT2D eigenvalue weighted by atomic mass is 16.5. The minimum Gasteiger partial charge on any atom is -0.367 e. The van der Waals surface area contributed by atoms with Crippen molar-refractivity contribution >= 4 is 6.03 Å². The van der Waals surface area contributed by atoms with Gasteiger partial charge in [-0.1, -0.05) is 0 Å².